The Labute approximate surface area is 77.6 Å². The lowest BCUT2D eigenvalue weighted by molar-refractivity contribution is 0.101. The highest BCUT2D eigenvalue weighted by Gasteiger charge is 2.08. The molecule has 0 aliphatic carbocycles. The van der Waals surface area contributed by atoms with E-state index in [0.29, 0.717) is 11.1 Å². The lowest BCUT2D eigenvalue weighted by Crippen LogP contribution is -1.98. The number of carbonyl (C=O) groups is 1. The molecule has 1 aromatic carbocycles. The third-order valence-electron chi connectivity index (χ3n) is 2.10. The van der Waals surface area contributed by atoms with Crippen LogP contribution in [0.1, 0.15) is 41.5 Å². The van der Waals surface area contributed by atoms with Gasteiger partial charge in [-0.05, 0) is 38.0 Å². The molecule has 1 atom stereocenters. The first kappa shape index (κ1) is 9.90. The van der Waals surface area contributed by atoms with Gasteiger partial charge in [-0.25, -0.2) is 4.39 Å². The van der Waals surface area contributed by atoms with Gasteiger partial charge in [0.15, 0.2) is 5.78 Å². The Bertz CT molecular complexity index is 329. The molecule has 1 unspecified atom stereocenters. The number of hydrogen-bond acceptors (Lipinski definition) is 1. The monoisotopic (exact) mass is 180 g/mol. The minimum atomic E-state index is -1.02. The largest absolute Gasteiger partial charge is 0.295 e. The van der Waals surface area contributed by atoms with E-state index in [1.165, 1.54) is 13.8 Å². The Kier molecular flexibility index (Phi) is 2.81. The summed E-state index contributed by atoms with van der Waals surface area (Å²) in [5.41, 5.74) is 2.08. The number of rotatable bonds is 2. The van der Waals surface area contributed by atoms with Gasteiger partial charge in [0.05, 0.1) is 0 Å². The maximum absolute atomic E-state index is 12.9. The topological polar surface area (TPSA) is 17.1 Å². The first-order valence-electron chi connectivity index (χ1n) is 4.28. The van der Waals surface area contributed by atoms with Crippen molar-refractivity contribution < 1.29 is 9.18 Å². The predicted octanol–water partition coefficient (Wildman–Crippen LogP) is 3.23. The minimum absolute atomic E-state index is 0.0139. The molecule has 0 N–H and O–H groups in total. The van der Waals surface area contributed by atoms with Crippen LogP contribution in [-0.2, 0) is 0 Å². The molecular weight excluding hydrogens is 167 g/mol. The van der Waals surface area contributed by atoms with Gasteiger partial charge in [0.1, 0.15) is 6.17 Å². The van der Waals surface area contributed by atoms with E-state index in [2.05, 4.69) is 0 Å². The van der Waals surface area contributed by atoms with Gasteiger partial charge in [0.2, 0.25) is 0 Å². The predicted molar refractivity (Wildman–Crippen MR) is 50.7 cm³/mol. The van der Waals surface area contributed by atoms with Crippen molar-refractivity contribution in [2.75, 3.05) is 0 Å². The summed E-state index contributed by atoms with van der Waals surface area (Å²) in [6.07, 6.45) is -1.02. The van der Waals surface area contributed by atoms with Gasteiger partial charge < -0.3 is 0 Å². The van der Waals surface area contributed by atoms with Crippen LogP contribution in [0.4, 0.5) is 4.39 Å². The van der Waals surface area contributed by atoms with Gasteiger partial charge in [0.25, 0.3) is 0 Å². The van der Waals surface area contributed by atoms with E-state index in [9.17, 15) is 9.18 Å². The first-order valence-corrected chi connectivity index (χ1v) is 4.28. The van der Waals surface area contributed by atoms with Gasteiger partial charge in [-0.3, -0.25) is 4.79 Å². The molecule has 0 aliphatic rings. The fourth-order valence-electron chi connectivity index (χ4n) is 1.27. The summed E-state index contributed by atoms with van der Waals surface area (Å²) >= 11 is 0. The van der Waals surface area contributed by atoms with Gasteiger partial charge in [-0.2, -0.15) is 0 Å². The van der Waals surface area contributed by atoms with Crippen molar-refractivity contribution in [1.29, 1.82) is 0 Å². The van der Waals surface area contributed by atoms with Crippen LogP contribution < -0.4 is 0 Å². The fraction of sp³-hybridized carbons (Fsp3) is 0.364. The van der Waals surface area contributed by atoms with Crippen molar-refractivity contribution in [3.8, 4) is 0 Å². The molecule has 0 bridgehead atoms. The van der Waals surface area contributed by atoms with Crippen LogP contribution in [-0.4, -0.2) is 5.78 Å². The highest BCUT2D eigenvalue weighted by Crippen LogP contribution is 2.20. The maximum Gasteiger partial charge on any atom is 0.160 e. The molecule has 1 rings (SSSR count). The van der Waals surface area contributed by atoms with Crippen molar-refractivity contribution >= 4 is 5.78 Å². The van der Waals surface area contributed by atoms with Crippen molar-refractivity contribution in [2.24, 2.45) is 0 Å². The molecule has 0 aliphatic heterocycles. The number of alkyl halides is 1. The fourth-order valence-corrected chi connectivity index (χ4v) is 1.27. The Morgan fingerprint density at radius 1 is 1.46 bits per heavy atom. The van der Waals surface area contributed by atoms with E-state index < -0.39 is 6.17 Å². The Hall–Kier alpha value is -1.18. The van der Waals surface area contributed by atoms with Crippen molar-refractivity contribution in [1.82, 2.24) is 0 Å². The lowest BCUT2D eigenvalue weighted by atomic mass is 10.0. The van der Waals surface area contributed by atoms with Crippen LogP contribution in [0.25, 0.3) is 0 Å². The summed E-state index contributed by atoms with van der Waals surface area (Å²) in [4.78, 5) is 11.1. The zero-order valence-corrected chi connectivity index (χ0v) is 8.10. The average Bonchev–Trinajstić information content (AvgIpc) is 2.04. The number of hydrogen-bond donors (Lipinski definition) is 0. The summed E-state index contributed by atoms with van der Waals surface area (Å²) in [7, 11) is 0. The third-order valence-corrected chi connectivity index (χ3v) is 2.10. The molecule has 0 spiro atoms. The van der Waals surface area contributed by atoms with E-state index in [1.54, 1.807) is 18.2 Å². The van der Waals surface area contributed by atoms with Crippen molar-refractivity contribution in [2.45, 2.75) is 26.9 Å². The summed E-state index contributed by atoms with van der Waals surface area (Å²) < 4.78 is 12.9. The summed E-state index contributed by atoms with van der Waals surface area (Å²) in [6.45, 7) is 4.81. The third kappa shape index (κ3) is 2.14. The quantitative estimate of drug-likeness (QED) is 0.638. The molecule has 0 radical (unpaired) electrons. The SMILES string of the molecule is CC(=O)c1cc(C(C)F)ccc1C. The number of carbonyl (C=O) groups excluding carboxylic acids is 1. The molecular formula is C11H13FO. The van der Waals surface area contributed by atoms with Crippen LogP contribution >= 0.6 is 0 Å². The molecule has 0 saturated heterocycles. The van der Waals surface area contributed by atoms with Crippen LogP contribution in [0.5, 0.6) is 0 Å². The summed E-state index contributed by atoms with van der Waals surface area (Å²) in [5.74, 6) is -0.0139. The molecule has 0 amide bonds. The minimum Gasteiger partial charge on any atom is -0.295 e. The number of benzene rings is 1. The van der Waals surface area contributed by atoms with Crippen LogP contribution in [0.3, 0.4) is 0 Å². The van der Waals surface area contributed by atoms with Gasteiger partial charge in [-0.1, -0.05) is 12.1 Å². The van der Waals surface area contributed by atoms with Gasteiger partial charge >= 0.3 is 0 Å². The summed E-state index contributed by atoms with van der Waals surface area (Å²) in [5, 5.41) is 0. The average molecular weight is 180 g/mol. The number of ketones is 1. The number of Topliss-reactive ketones (excluding diaryl/α,β-unsaturated/α-hetero) is 1. The molecule has 1 nitrogen and oxygen atoms in total. The molecule has 2 heteroatoms. The zero-order valence-electron chi connectivity index (χ0n) is 8.10. The molecule has 0 aromatic heterocycles. The molecule has 0 heterocycles. The van der Waals surface area contributed by atoms with Crippen molar-refractivity contribution in [3.05, 3.63) is 34.9 Å². The molecule has 1 aromatic rings. The second-order valence-corrected chi connectivity index (χ2v) is 3.25. The Balaban J connectivity index is 3.19. The number of aryl methyl sites for hydroxylation is 1. The molecule has 70 valence electrons. The maximum atomic E-state index is 12.9. The second-order valence-electron chi connectivity index (χ2n) is 3.25. The van der Waals surface area contributed by atoms with E-state index in [1.807, 2.05) is 6.92 Å². The highest BCUT2D eigenvalue weighted by atomic mass is 19.1. The van der Waals surface area contributed by atoms with Crippen LogP contribution in [0.15, 0.2) is 18.2 Å². The molecule has 0 fully saturated rings. The first-order chi connectivity index (χ1) is 6.02. The molecule has 13 heavy (non-hydrogen) atoms. The Morgan fingerprint density at radius 3 is 2.54 bits per heavy atom. The standard InChI is InChI=1S/C11H13FO/c1-7-4-5-10(8(2)12)6-11(7)9(3)13/h4-6,8H,1-3H3. The normalized spacial score (nSPS) is 12.6. The lowest BCUT2D eigenvalue weighted by Gasteiger charge is -2.06. The zero-order chi connectivity index (χ0) is 10.0. The second kappa shape index (κ2) is 3.69. The summed E-state index contributed by atoms with van der Waals surface area (Å²) in [6, 6.07) is 5.12. The smallest absolute Gasteiger partial charge is 0.160 e. The van der Waals surface area contributed by atoms with Crippen LogP contribution in [0, 0.1) is 6.92 Å². The van der Waals surface area contributed by atoms with E-state index >= 15 is 0 Å². The highest BCUT2D eigenvalue weighted by molar-refractivity contribution is 5.95. The molecule has 0 saturated carbocycles. The van der Waals surface area contributed by atoms with E-state index in [0.717, 1.165) is 5.56 Å². The number of halogens is 1. The van der Waals surface area contributed by atoms with Crippen LogP contribution in [0.2, 0.25) is 0 Å². The Morgan fingerprint density at radius 2 is 2.08 bits per heavy atom. The van der Waals surface area contributed by atoms with Gasteiger partial charge in [0, 0.05) is 5.56 Å². The van der Waals surface area contributed by atoms with Crippen molar-refractivity contribution in [3.63, 3.8) is 0 Å². The van der Waals surface area contributed by atoms with E-state index in [4.69, 9.17) is 0 Å². The van der Waals surface area contributed by atoms with Gasteiger partial charge in [-0.15, -0.1) is 0 Å². The van der Waals surface area contributed by atoms with E-state index in [-0.39, 0.29) is 5.78 Å².